The molecular weight excluding hydrogens is 272 g/mol. The van der Waals surface area contributed by atoms with Gasteiger partial charge in [0, 0.05) is 24.8 Å². The average Bonchev–Trinajstić information content (AvgIpc) is 3.18. The van der Waals surface area contributed by atoms with E-state index >= 15 is 0 Å². The van der Waals surface area contributed by atoms with E-state index in [1.807, 2.05) is 0 Å². The van der Waals surface area contributed by atoms with Crippen molar-refractivity contribution in [3.8, 4) is 0 Å². The predicted molar refractivity (Wildman–Crippen MR) is 89.0 cm³/mol. The maximum atomic E-state index is 6.04. The SMILES string of the molecule is Cc1ccc(CNc2ccc(C3OC4CNC3C4)cc2)cc1. The number of aryl methyl sites for hydroxylation is 1. The van der Waals surface area contributed by atoms with Gasteiger partial charge in [0.2, 0.25) is 0 Å². The molecule has 0 amide bonds. The van der Waals surface area contributed by atoms with Crippen LogP contribution in [0.5, 0.6) is 0 Å². The van der Waals surface area contributed by atoms with Gasteiger partial charge in [-0.3, -0.25) is 0 Å². The Morgan fingerprint density at radius 3 is 2.50 bits per heavy atom. The number of rotatable bonds is 4. The molecule has 0 aromatic heterocycles. The van der Waals surface area contributed by atoms with E-state index in [4.69, 9.17) is 4.74 Å². The molecule has 0 saturated carbocycles. The Balaban J connectivity index is 1.38. The zero-order chi connectivity index (χ0) is 14.9. The summed E-state index contributed by atoms with van der Waals surface area (Å²) < 4.78 is 6.04. The summed E-state index contributed by atoms with van der Waals surface area (Å²) in [6.07, 6.45) is 1.79. The molecule has 4 rings (SSSR count). The van der Waals surface area contributed by atoms with Crippen LogP contribution in [0.2, 0.25) is 0 Å². The molecule has 2 aromatic carbocycles. The van der Waals surface area contributed by atoms with Gasteiger partial charge in [-0.2, -0.15) is 0 Å². The van der Waals surface area contributed by atoms with Gasteiger partial charge in [-0.15, -0.1) is 0 Å². The summed E-state index contributed by atoms with van der Waals surface area (Å²) in [5.74, 6) is 0. The summed E-state index contributed by atoms with van der Waals surface area (Å²) >= 11 is 0. The van der Waals surface area contributed by atoms with Gasteiger partial charge in [0.05, 0.1) is 12.2 Å². The van der Waals surface area contributed by atoms with Crippen molar-refractivity contribution >= 4 is 5.69 Å². The van der Waals surface area contributed by atoms with Crippen LogP contribution in [0.1, 0.15) is 29.2 Å². The normalized spacial score (nSPS) is 26.3. The standard InChI is InChI=1S/C19H22N2O/c1-13-2-4-14(5-3-13)11-20-16-8-6-15(7-9-16)19-18-10-17(22-19)12-21-18/h2-9,17-21H,10-12H2,1H3. The second-order valence-electron chi connectivity index (χ2n) is 6.39. The molecule has 3 atom stereocenters. The van der Waals surface area contributed by atoms with Crippen LogP contribution in [0.4, 0.5) is 5.69 Å². The fourth-order valence-corrected chi connectivity index (χ4v) is 3.38. The summed E-state index contributed by atoms with van der Waals surface area (Å²) in [6.45, 7) is 3.98. The molecule has 2 bridgehead atoms. The molecule has 2 N–H and O–H groups in total. The van der Waals surface area contributed by atoms with Crippen molar-refractivity contribution in [3.63, 3.8) is 0 Å². The second kappa shape index (κ2) is 5.75. The minimum absolute atomic E-state index is 0.227. The Bertz CT molecular complexity index is 635. The predicted octanol–water partition coefficient (Wildman–Crippen LogP) is 3.41. The summed E-state index contributed by atoms with van der Waals surface area (Å²) in [7, 11) is 0. The van der Waals surface area contributed by atoms with Crippen LogP contribution in [0.3, 0.4) is 0 Å². The molecule has 2 aromatic rings. The van der Waals surface area contributed by atoms with Crippen LogP contribution < -0.4 is 10.6 Å². The number of nitrogens with one attached hydrogen (secondary N) is 2. The summed E-state index contributed by atoms with van der Waals surface area (Å²) in [5.41, 5.74) is 5.03. The number of fused-ring (bicyclic) bond motifs is 2. The largest absolute Gasteiger partial charge is 0.381 e. The average molecular weight is 294 g/mol. The van der Waals surface area contributed by atoms with E-state index < -0.39 is 0 Å². The molecule has 2 aliphatic rings. The second-order valence-corrected chi connectivity index (χ2v) is 6.39. The first-order valence-electron chi connectivity index (χ1n) is 8.06. The summed E-state index contributed by atoms with van der Waals surface area (Å²) in [5, 5.41) is 7.01. The van der Waals surface area contributed by atoms with E-state index in [2.05, 4.69) is 66.1 Å². The van der Waals surface area contributed by atoms with Crippen LogP contribution in [0, 0.1) is 6.92 Å². The molecule has 0 spiro atoms. The highest BCUT2D eigenvalue weighted by atomic mass is 16.5. The van der Waals surface area contributed by atoms with Crippen molar-refractivity contribution in [1.82, 2.24) is 5.32 Å². The van der Waals surface area contributed by atoms with Crippen molar-refractivity contribution < 1.29 is 4.74 Å². The van der Waals surface area contributed by atoms with Crippen molar-refractivity contribution in [2.75, 3.05) is 11.9 Å². The zero-order valence-electron chi connectivity index (χ0n) is 12.9. The molecule has 3 heteroatoms. The van der Waals surface area contributed by atoms with E-state index in [1.165, 1.54) is 16.7 Å². The quantitative estimate of drug-likeness (QED) is 0.906. The van der Waals surface area contributed by atoms with Gasteiger partial charge in [-0.25, -0.2) is 0 Å². The third kappa shape index (κ3) is 2.74. The molecule has 2 heterocycles. The topological polar surface area (TPSA) is 33.3 Å². The maximum Gasteiger partial charge on any atom is 0.0983 e. The molecule has 0 radical (unpaired) electrons. The molecule has 0 aliphatic carbocycles. The number of anilines is 1. The lowest BCUT2D eigenvalue weighted by Crippen LogP contribution is -2.33. The molecule has 3 unspecified atom stereocenters. The van der Waals surface area contributed by atoms with E-state index in [1.54, 1.807) is 0 Å². The third-order valence-electron chi connectivity index (χ3n) is 4.69. The van der Waals surface area contributed by atoms with Crippen molar-refractivity contribution in [2.24, 2.45) is 0 Å². The summed E-state index contributed by atoms with van der Waals surface area (Å²) in [6, 6.07) is 17.8. The van der Waals surface area contributed by atoms with Crippen LogP contribution in [-0.4, -0.2) is 18.7 Å². The fourth-order valence-electron chi connectivity index (χ4n) is 3.38. The molecule has 2 aliphatic heterocycles. The molecule has 2 saturated heterocycles. The van der Waals surface area contributed by atoms with E-state index in [0.717, 1.165) is 25.2 Å². The molecular formula is C19H22N2O. The molecule has 2 fully saturated rings. The van der Waals surface area contributed by atoms with Gasteiger partial charge >= 0.3 is 0 Å². The van der Waals surface area contributed by atoms with Crippen molar-refractivity contribution in [2.45, 2.75) is 38.1 Å². The maximum absolute atomic E-state index is 6.04. The number of hydrogen-bond donors (Lipinski definition) is 2. The first kappa shape index (κ1) is 13.8. The lowest BCUT2D eigenvalue weighted by atomic mass is 10.0. The lowest BCUT2D eigenvalue weighted by Gasteiger charge is -2.23. The number of hydrogen-bond acceptors (Lipinski definition) is 3. The Hall–Kier alpha value is -1.84. The van der Waals surface area contributed by atoms with Gasteiger partial charge in [0.15, 0.2) is 0 Å². The number of benzene rings is 2. The lowest BCUT2D eigenvalue weighted by molar-refractivity contribution is 0.0160. The third-order valence-corrected chi connectivity index (χ3v) is 4.69. The van der Waals surface area contributed by atoms with E-state index in [-0.39, 0.29) is 6.10 Å². The summed E-state index contributed by atoms with van der Waals surface area (Å²) in [4.78, 5) is 0. The highest BCUT2D eigenvalue weighted by Gasteiger charge is 2.41. The Labute approximate surface area is 131 Å². The Morgan fingerprint density at radius 2 is 1.86 bits per heavy atom. The molecule has 114 valence electrons. The van der Waals surface area contributed by atoms with Gasteiger partial charge in [0.1, 0.15) is 0 Å². The molecule has 22 heavy (non-hydrogen) atoms. The van der Waals surface area contributed by atoms with Crippen molar-refractivity contribution in [3.05, 3.63) is 65.2 Å². The minimum atomic E-state index is 0.227. The first-order valence-corrected chi connectivity index (χ1v) is 8.06. The smallest absolute Gasteiger partial charge is 0.0983 e. The fraction of sp³-hybridized carbons (Fsp3) is 0.368. The van der Waals surface area contributed by atoms with Gasteiger partial charge in [-0.05, 0) is 36.6 Å². The van der Waals surface area contributed by atoms with Crippen LogP contribution in [-0.2, 0) is 11.3 Å². The Kier molecular flexibility index (Phi) is 3.60. The van der Waals surface area contributed by atoms with Gasteiger partial charge in [0.25, 0.3) is 0 Å². The minimum Gasteiger partial charge on any atom is -0.381 e. The number of morpholine rings is 1. The monoisotopic (exact) mass is 294 g/mol. The first-order chi connectivity index (χ1) is 10.8. The number of ether oxygens (including phenoxy) is 1. The highest BCUT2D eigenvalue weighted by Crippen LogP contribution is 2.37. The van der Waals surface area contributed by atoms with E-state index in [0.29, 0.717) is 12.1 Å². The van der Waals surface area contributed by atoms with Crippen LogP contribution >= 0.6 is 0 Å². The Morgan fingerprint density at radius 1 is 1.09 bits per heavy atom. The van der Waals surface area contributed by atoms with E-state index in [9.17, 15) is 0 Å². The van der Waals surface area contributed by atoms with Crippen LogP contribution in [0.25, 0.3) is 0 Å². The highest BCUT2D eigenvalue weighted by molar-refractivity contribution is 5.46. The van der Waals surface area contributed by atoms with Crippen molar-refractivity contribution in [1.29, 1.82) is 0 Å². The van der Waals surface area contributed by atoms with Gasteiger partial charge in [-0.1, -0.05) is 42.0 Å². The van der Waals surface area contributed by atoms with Crippen LogP contribution in [0.15, 0.2) is 48.5 Å². The molecule has 3 nitrogen and oxygen atoms in total. The van der Waals surface area contributed by atoms with Gasteiger partial charge < -0.3 is 15.4 Å². The zero-order valence-corrected chi connectivity index (χ0v) is 12.9.